The van der Waals surface area contributed by atoms with Crippen LogP contribution in [0.4, 0.5) is 5.69 Å². The second kappa shape index (κ2) is 10.1. The highest BCUT2D eigenvalue weighted by Crippen LogP contribution is 2.32. The summed E-state index contributed by atoms with van der Waals surface area (Å²) in [6.07, 6.45) is 3.74. The van der Waals surface area contributed by atoms with E-state index in [1.54, 1.807) is 43.0 Å². The first kappa shape index (κ1) is 24.8. The Morgan fingerprint density at radius 1 is 1.00 bits per heavy atom. The lowest BCUT2D eigenvalue weighted by Crippen LogP contribution is -2.42. The van der Waals surface area contributed by atoms with E-state index in [4.69, 9.17) is 11.6 Å². The molecule has 3 heterocycles. The molecule has 184 valence electrons. The molecule has 34 heavy (non-hydrogen) atoms. The number of nitrogens with zero attached hydrogens (tertiary/aromatic N) is 2. The maximum atomic E-state index is 13.7. The Morgan fingerprint density at radius 2 is 1.65 bits per heavy atom. The summed E-state index contributed by atoms with van der Waals surface area (Å²) >= 11 is 6.14. The molecule has 2 amide bonds. The van der Waals surface area contributed by atoms with E-state index < -0.39 is 10.0 Å². The van der Waals surface area contributed by atoms with E-state index >= 15 is 0 Å². The number of sulfonamides is 1. The number of carbonyl (C=O) groups excluding carboxylic acids is 2. The number of aromatic nitrogens is 1. The van der Waals surface area contributed by atoms with Crippen molar-refractivity contribution in [1.29, 1.82) is 0 Å². The van der Waals surface area contributed by atoms with E-state index in [1.165, 1.54) is 4.31 Å². The zero-order valence-corrected chi connectivity index (χ0v) is 21.1. The van der Waals surface area contributed by atoms with Gasteiger partial charge in [0, 0.05) is 43.5 Å². The number of benzene rings is 1. The number of rotatable bonds is 5. The minimum atomic E-state index is -3.90. The molecule has 2 saturated heterocycles. The van der Waals surface area contributed by atoms with Crippen molar-refractivity contribution in [2.24, 2.45) is 5.92 Å². The second-order valence-electron chi connectivity index (χ2n) is 9.08. The smallest absolute Gasteiger partial charge is 0.257 e. The fraction of sp³-hybridized carbons (Fsp3) is 0.500. The Bertz CT molecular complexity index is 1180. The zero-order chi connectivity index (χ0) is 24.5. The van der Waals surface area contributed by atoms with Crippen molar-refractivity contribution in [3.8, 4) is 0 Å². The number of piperidine rings is 2. The van der Waals surface area contributed by atoms with Crippen molar-refractivity contribution >= 4 is 39.1 Å². The molecule has 0 aliphatic carbocycles. The Morgan fingerprint density at radius 3 is 2.29 bits per heavy atom. The number of halogens is 1. The number of aromatic amines is 1. The highest BCUT2D eigenvalue weighted by molar-refractivity contribution is 7.89. The molecule has 1 aromatic heterocycles. The molecular formula is C24H31ClN4O4S. The van der Waals surface area contributed by atoms with Gasteiger partial charge >= 0.3 is 0 Å². The standard InChI is InChI=1S/C24H31ClN4O4S/c1-16-21(24(31)28-12-6-3-7-13-28)22(17(2)26-16)34(32,33)29-14-10-18(11-15-29)23(30)27-20-9-5-4-8-19(20)25/h4-5,8-9,18,26H,3,6-7,10-15H2,1-2H3,(H,27,30). The van der Waals surface area contributed by atoms with Gasteiger partial charge in [-0.1, -0.05) is 23.7 Å². The van der Waals surface area contributed by atoms with E-state index in [1.807, 2.05) is 0 Å². The van der Waals surface area contributed by atoms with Crippen molar-refractivity contribution in [3.05, 3.63) is 46.2 Å². The lowest BCUT2D eigenvalue weighted by atomic mass is 9.97. The van der Waals surface area contributed by atoms with Crippen molar-refractivity contribution in [3.63, 3.8) is 0 Å². The largest absolute Gasteiger partial charge is 0.361 e. The summed E-state index contributed by atoms with van der Waals surface area (Å²) in [6.45, 7) is 5.15. The molecule has 0 bridgehead atoms. The first-order valence-corrected chi connectivity index (χ1v) is 13.6. The molecule has 4 rings (SSSR count). The predicted molar refractivity (Wildman–Crippen MR) is 132 cm³/mol. The summed E-state index contributed by atoms with van der Waals surface area (Å²) in [5.74, 6) is -0.708. The van der Waals surface area contributed by atoms with Crippen LogP contribution in [0.3, 0.4) is 0 Å². The zero-order valence-electron chi connectivity index (χ0n) is 19.6. The molecule has 0 saturated carbocycles. The predicted octanol–water partition coefficient (Wildman–Crippen LogP) is 3.95. The average molecular weight is 507 g/mol. The van der Waals surface area contributed by atoms with Gasteiger partial charge in [-0.05, 0) is 58.1 Å². The Balaban J connectivity index is 1.49. The minimum absolute atomic E-state index is 0.0690. The summed E-state index contributed by atoms with van der Waals surface area (Å²) in [6, 6.07) is 7.02. The number of hydrogen-bond donors (Lipinski definition) is 2. The quantitative estimate of drug-likeness (QED) is 0.640. The number of amides is 2. The second-order valence-corrected chi connectivity index (χ2v) is 11.4. The number of aryl methyl sites for hydroxylation is 2. The summed E-state index contributed by atoms with van der Waals surface area (Å²) in [4.78, 5) is 30.9. The molecule has 2 aromatic rings. The van der Waals surface area contributed by atoms with E-state index in [0.717, 1.165) is 19.3 Å². The molecule has 2 fully saturated rings. The molecule has 0 unspecified atom stereocenters. The lowest BCUT2D eigenvalue weighted by molar-refractivity contribution is -0.120. The third-order valence-electron chi connectivity index (χ3n) is 6.73. The van der Waals surface area contributed by atoms with Crippen LogP contribution in [0.25, 0.3) is 0 Å². The summed E-state index contributed by atoms with van der Waals surface area (Å²) in [5.41, 5.74) is 1.83. The minimum Gasteiger partial charge on any atom is -0.361 e. The van der Waals surface area contributed by atoms with Gasteiger partial charge in [0.15, 0.2) is 0 Å². The number of para-hydroxylation sites is 1. The first-order chi connectivity index (χ1) is 16.2. The van der Waals surface area contributed by atoms with Gasteiger partial charge in [-0.25, -0.2) is 8.42 Å². The molecule has 0 atom stereocenters. The molecule has 2 aliphatic heterocycles. The first-order valence-electron chi connectivity index (χ1n) is 11.7. The number of likely N-dealkylation sites (tertiary alicyclic amines) is 1. The van der Waals surface area contributed by atoms with Gasteiger partial charge in [-0.2, -0.15) is 4.31 Å². The molecule has 2 N–H and O–H groups in total. The van der Waals surface area contributed by atoms with Crippen molar-refractivity contribution in [2.45, 2.75) is 50.8 Å². The molecule has 0 spiro atoms. The molecular weight excluding hydrogens is 476 g/mol. The van der Waals surface area contributed by atoms with Gasteiger partial charge in [0.1, 0.15) is 4.90 Å². The van der Waals surface area contributed by atoms with Crippen LogP contribution in [0.1, 0.15) is 53.8 Å². The fourth-order valence-electron chi connectivity index (χ4n) is 4.88. The summed E-state index contributed by atoms with van der Waals surface area (Å²) in [5, 5.41) is 3.30. The normalized spacial score (nSPS) is 18.1. The van der Waals surface area contributed by atoms with Crippen LogP contribution in [0.2, 0.25) is 5.02 Å². The number of carbonyl (C=O) groups is 2. The molecule has 8 nitrogen and oxygen atoms in total. The lowest BCUT2D eigenvalue weighted by Gasteiger charge is -2.31. The third kappa shape index (κ3) is 4.87. The van der Waals surface area contributed by atoms with E-state index in [-0.39, 0.29) is 41.3 Å². The van der Waals surface area contributed by atoms with Crippen LogP contribution in [0.5, 0.6) is 0 Å². The molecule has 0 radical (unpaired) electrons. The van der Waals surface area contributed by atoms with Crippen molar-refractivity contribution in [1.82, 2.24) is 14.2 Å². The molecule has 1 aromatic carbocycles. The summed E-state index contributed by atoms with van der Waals surface area (Å²) < 4.78 is 28.7. The highest BCUT2D eigenvalue weighted by atomic mass is 35.5. The molecule has 10 heteroatoms. The maximum Gasteiger partial charge on any atom is 0.257 e. The third-order valence-corrected chi connectivity index (χ3v) is 9.13. The number of anilines is 1. The Hall–Kier alpha value is -2.36. The number of H-pyrrole nitrogens is 1. The van der Waals surface area contributed by atoms with Crippen LogP contribution in [0.15, 0.2) is 29.2 Å². The fourth-order valence-corrected chi connectivity index (χ4v) is 6.95. The van der Waals surface area contributed by atoms with E-state index in [2.05, 4.69) is 10.3 Å². The van der Waals surface area contributed by atoms with Crippen LogP contribution in [-0.2, 0) is 14.8 Å². The monoisotopic (exact) mass is 506 g/mol. The van der Waals surface area contributed by atoms with E-state index in [0.29, 0.717) is 48.0 Å². The van der Waals surface area contributed by atoms with Gasteiger partial charge < -0.3 is 15.2 Å². The van der Waals surface area contributed by atoms with E-state index in [9.17, 15) is 18.0 Å². The average Bonchev–Trinajstić information content (AvgIpc) is 3.14. The van der Waals surface area contributed by atoms with Crippen LogP contribution in [0, 0.1) is 19.8 Å². The Kier molecular flexibility index (Phi) is 7.35. The van der Waals surface area contributed by atoms with Gasteiger partial charge in [0.25, 0.3) is 5.91 Å². The number of hydrogen-bond acceptors (Lipinski definition) is 4. The van der Waals surface area contributed by atoms with Gasteiger partial charge in [-0.15, -0.1) is 0 Å². The van der Waals surface area contributed by atoms with Gasteiger partial charge in [0.05, 0.1) is 16.3 Å². The van der Waals surface area contributed by atoms with Crippen molar-refractivity contribution < 1.29 is 18.0 Å². The topological polar surface area (TPSA) is 103 Å². The van der Waals surface area contributed by atoms with Gasteiger partial charge in [-0.3, -0.25) is 9.59 Å². The number of nitrogens with one attached hydrogen (secondary N) is 2. The van der Waals surface area contributed by atoms with Gasteiger partial charge in [0.2, 0.25) is 15.9 Å². The van der Waals surface area contributed by atoms with Crippen LogP contribution < -0.4 is 5.32 Å². The highest BCUT2D eigenvalue weighted by Gasteiger charge is 2.38. The van der Waals surface area contributed by atoms with Crippen LogP contribution in [-0.4, -0.2) is 60.6 Å². The molecule has 2 aliphatic rings. The van der Waals surface area contributed by atoms with Crippen LogP contribution >= 0.6 is 11.6 Å². The SMILES string of the molecule is Cc1[nH]c(C)c(S(=O)(=O)N2CCC(C(=O)Nc3ccccc3Cl)CC2)c1C(=O)N1CCCCC1. The van der Waals surface area contributed by atoms with Crippen molar-refractivity contribution in [2.75, 3.05) is 31.5 Å². The Labute approximate surface area is 205 Å². The summed E-state index contributed by atoms with van der Waals surface area (Å²) in [7, 11) is -3.90. The maximum absolute atomic E-state index is 13.7.